The van der Waals surface area contributed by atoms with Crippen LogP contribution in [0.2, 0.25) is 0 Å². The van der Waals surface area contributed by atoms with Gasteiger partial charge in [-0.3, -0.25) is 39.2 Å². The number of aromatic nitrogens is 3. The number of aliphatic hydroxyl groups excluding tert-OH is 1. The third kappa shape index (κ3) is 13.0. The Bertz CT molecular complexity index is 2230. The monoisotopic (exact) mass is 918 g/mol. The second kappa shape index (κ2) is 22.8. The largest absolute Gasteiger partial charge is 0.370 e. The van der Waals surface area contributed by atoms with Gasteiger partial charge in [0.2, 0.25) is 29.5 Å². The van der Waals surface area contributed by atoms with E-state index in [9.17, 15) is 29.1 Å². The van der Waals surface area contributed by atoms with Crippen molar-refractivity contribution in [1.29, 1.82) is 0 Å². The van der Waals surface area contributed by atoms with Gasteiger partial charge in [-0.2, -0.15) is 0 Å². The molecule has 6 rings (SSSR count). The Morgan fingerprint density at radius 2 is 1.70 bits per heavy atom. The molecular formula is C42H58N14O6S2. The predicted octanol–water partition coefficient (Wildman–Crippen LogP) is -1.53. The summed E-state index contributed by atoms with van der Waals surface area (Å²) in [6.45, 7) is 2.37. The number of amides is 5. The fraction of sp³-hybridized carbons (Fsp3) is 0.452. The zero-order chi connectivity index (χ0) is 45.8. The number of rotatable bonds is 23. The Hall–Kier alpha value is -5.65. The Kier molecular flexibility index (Phi) is 17.0. The molecular weight excluding hydrogens is 861 g/mol. The van der Waals surface area contributed by atoms with Gasteiger partial charge in [0, 0.05) is 78.5 Å². The maximum atomic E-state index is 14.4. The SMILES string of the molecule is C[C@H](Cc1cnc[nH]1)NC(=O)[C@H]1C(SC[C@H](NC(=O)[C@H](Cc2c[nH]c3ccccc23)NC(=O)[C@H](CCCN=C(N)N)NC[C@H](N)Cc2ccccc2)C(N)=O)SC[C@@H]2NC(O)N1C2=O. The standard InChI is InChI=1S/C42H58N14O6S2/c1-23(14-27-19-47-22-51-27)52-38(60)34-40(64-21-33-39(61)56(34)42(62)55-33)63-20-32(35(44)57)54-37(59)31(16-25-17-49-29-11-6-5-10-28(25)29)53-36(58)30(12-7-13-48-41(45)46)50-18-26(43)15-24-8-3-2-4-9-24/h2-6,8-11,17,19,22-23,26,30-34,40,42,49-50,55,62H,7,12-16,18,20-21,43H2,1H3,(H2,44,57)(H,47,51)(H,52,60)(H,53,58)(H,54,59)(H4,45,46,48)/t23-,26-,30+,31+,32+,33+,34+,40?,42?/m1/s1. The fourth-order valence-electron chi connectivity index (χ4n) is 7.72. The topological polar surface area (TPSA) is 330 Å². The quantitative estimate of drug-likeness (QED) is 0.0228. The maximum Gasteiger partial charge on any atom is 0.245 e. The number of aliphatic hydroxyl groups is 1. The molecule has 2 aromatic carbocycles. The van der Waals surface area contributed by atoms with Gasteiger partial charge in [-0.1, -0.05) is 48.5 Å². The first-order valence-electron chi connectivity index (χ1n) is 21.1. The smallest absolute Gasteiger partial charge is 0.245 e. The van der Waals surface area contributed by atoms with Crippen LogP contribution in [0, 0.1) is 0 Å². The summed E-state index contributed by atoms with van der Waals surface area (Å²) in [5, 5.41) is 26.5. The molecule has 9 atom stereocenters. The molecule has 5 amide bonds. The molecule has 64 heavy (non-hydrogen) atoms. The summed E-state index contributed by atoms with van der Waals surface area (Å²) in [4.78, 5) is 84.5. The Labute approximate surface area is 379 Å². The number of para-hydroxylation sites is 1. The Balaban J connectivity index is 1.18. The van der Waals surface area contributed by atoms with E-state index in [4.69, 9.17) is 22.9 Å². The number of aromatic amines is 2. The minimum absolute atomic E-state index is 0.0508. The number of nitrogens with two attached hydrogens (primary N) is 4. The molecule has 4 heterocycles. The summed E-state index contributed by atoms with van der Waals surface area (Å²) in [5.41, 5.74) is 26.9. The molecule has 4 aromatic rings. The van der Waals surface area contributed by atoms with E-state index in [0.29, 0.717) is 25.7 Å². The number of benzene rings is 2. The minimum atomic E-state index is -1.41. The number of hydrogen-bond donors (Lipinski definition) is 12. The van der Waals surface area contributed by atoms with Crippen LogP contribution < -0.4 is 49.5 Å². The molecule has 2 aliphatic heterocycles. The lowest BCUT2D eigenvalue weighted by atomic mass is 10.0. The first kappa shape index (κ1) is 47.8. The number of carbonyl (C=O) groups excluding carboxylic acids is 5. The van der Waals surface area contributed by atoms with Crippen LogP contribution in [0.3, 0.4) is 0 Å². The van der Waals surface area contributed by atoms with Crippen molar-refractivity contribution < 1.29 is 29.1 Å². The molecule has 0 radical (unpaired) electrons. The van der Waals surface area contributed by atoms with Crippen molar-refractivity contribution in [2.45, 2.75) is 92.3 Å². The highest BCUT2D eigenvalue weighted by molar-refractivity contribution is 8.17. The van der Waals surface area contributed by atoms with E-state index >= 15 is 0 Å². The molecule has 16 N–H and O–H groups in total. The van der Waals surface area contributed by atoms with Crippen molar-refractivity contribution in [2.24, 2.45) is 27.9 Å². The number of guanidine groups is 1. The van der Waals surface area contributed by atoms with E-state index in [1.807, 2.05) is 61.5 Å². The highest BCUT2D eigenvalue weighted by Gasteiger charge is 2.51. The van der Waals surface area contributed by atoms with Crippen molar-refractivity contribution in [3.63, 3.8) is 0 Å². The number of H-pyrrole nitrogens is 2. The number of thioether (sulfide) groups is 2. The second-order valence-corrected chi connectivity index (χ2v) is 18.6. The number of imidazole rings is 1. The lowest BCUT2D eigenvalue weighted by molar-refractivity contribution is -0.144. The lowest BCUT2D eigenvalue weighted by Crippen LogP contribution is -2.58. The van der Waals surface area contributed by atoms with Gasteiger partial charge in [-0.05, 0) is 43.4 Å². The Morgan fingerprint density at radius 1 is 0.969 bits per heavy atom. The molecule has 2 aliphatic rings. The van der Waals surface area contributed by atoms with Crippen molar-refractivity contribution in [3.05, 3.63) is 90.1 Å². The predicted molar refractivity (Wildman–Crippen MR) is 247 cm³/mol. The van der Waals surface area contributed by atoms with Gasteiger partial charge < -0.3 is 59.3 Å². The summed E-state index contributed by atoms with van der Waals surface area (Å²) in [7, 11) is 0. The molecule has 2 aromatic heterocycles. The van der Waals surface area contributed by atoms with Crippen LogP contribution in [0.1, 0.15) is 36.6 Å². The van der Waals surface area contributed by atoms with E-state index in [1.165, 1.54) is 18.1 Å². The Morgan fingerprint density at radius 3 is 2.44 bits per heavy atom. The zero-order valence-electron chi connectivity index (χ0n) is 35.4. The van der Waals surface area contributed by atoms with Crippen molar-refractivity contribution >= 4 is 69.9 Å². The van der Waals surface area contributed by atoms with Crippen LogP contribution in [0.4, 0.5) is 0 Å². The van der Waals surface area contributed by atoms with Crippen molar-refractivity contribution in [3.8, 4) is 0 Å². The molecule has 0 saturated carbocycles. The number of hydrogen-bond acceptors (Lipinski definition) is 13. The average Bonchev–Trinajstić information content (AvgIpc) is 3.97. The first-order valence-corrected chi connectivity index (χ1v) is 23.2. The van der Waals surface area contributed by atoms with Crippen LogP contribution in [0.15, 0.2) is 78.3 Å². The third-order valence-electron chi connectivity index (χ3n) is 10.9. The van der Waals surface area contributed by atoms with E-state index in [-0.39, 0.29) is 49.1 Å². The van der Waals surface area contributed by atoms with E-state index in [0.717, 1.165) is 44.4 Å². The van der Waals surface area contributed by atoms with Crippen molar-refractivity contribution in [2.75, 3.05) is 24.6 Å². The van der Waals surface area contributed by atoms with Gasteiger partial charge in [0.15, 0.2) is 12.3 Å². The number of fused-ring (bicyclic) bond motifs is 3. The van der Waals surface area contributed by atoms with Gasteiger partial charge in [0.1, 0.15) is 18.1 Å². The van der Waals surface area contributed by atoms with Gasteiger partial charge >= 0.3 is 0 Å². The summed E-state index contributed by atoms with van der Waals surface area (Å²) in [6, 6.07) is 11.5. The summed E-state index contributed by atoms with van der Waals surface area (Å²) >= 11 is 2.48. The summed E-state index contributed by atoms with van der Waals surface area (Å²) in [6.07, 6.45) is 5.34. The van der Waals surface area contributed by atoms with Gasteiger partial charge in [-0.25, -0.2) is 4.98 Å². The number of aliphatic imine (C=N–C) groups is 1. The van der Waals surface area contributed by atoms with Crippen LogP contribution in [-0.2, 0) is 43.2 Å². The molecule has 2 bridgehead atoms. The van der Waals surface area contributed by atoms with Crippen LogP contribution in [0.25, 0.3) is 10.9 Å². The van der Waals surface area contributed by atoms with Crippen molar-refractivity contribution in [1.82, 2.24) is 46.4 Å². The molecule has 0 aliphatic carbocycles. The highest BCUT2D eigenvalue weighted by Crippen LogP contribution is 2.37. The van der Waals surface area contributed by atoms with Gasteiger partial charge in [0.05, 0.1) is 23.0 Å². The zero-order valence-corrected chi connectivity index (χ0v) is 37.1. The normalized spacial score (nSPS) is 20.7. The minimum Gasteiger partial charge on any atom is -0.370 e. The van der Waals surface area contributed by atoms with Crippen LogP contribution in [-0.4, -0.2) is 138 Å². The highest BCUT2D eigenvalue weighted by atomic mass is 32.2. The maximum absolute atomic E-state index is 14.4. The molecule has 2 unspecified atom stereocenters. The van der Waals surface area contributed by atoms with Gasteiger partial charge in [0.25, 0.3) is 0 Å². The number of nitrogens with zero attached hydrogens (tertiary/aromatic N) is 3. The molecule has 344 valence electrons. The molecule has 20 nitrogen and oxygen atoms in total. The van der Waals surface area contributed by atoms with Gasteiger partial charge in [-0.15, -0.1) is 23.5 Å². The average molecular weight is 919 g/mol. The number of nitrogens with one attached hydrogen (secondary N) is 7. The number of primary amides is 1. The summed E-state index contributed by atoms with van der Waals surface area (Å²) < 4.78 is -0.676. The fourth-order valence-corrected chi connectivity index (χ4v) is 10.7. The third-order valence-corrected chi connectivity index (χ3v) is 14.0. The molecule has 22 heteroatoms. The van der Waals surface area contributed by atoms with Crippen LogP contribution >= 0.6 is 23.5 Å². The lowest BCUT2D eigenvalue weighted by Gasteiger charge is -2.35. The molecule has 0 spiro atoms. The van der Waals surface area contributed by atoms with E-state index < -0.39 is 70.7 Å². The molecule has 2 fully saturated rings. The van der Waals surface area contributed by atoms with Crippen LogP contribution in [0.5, 0.6) is 0 Å². The first-order chi connectivity index (χ1) is 30.8. The van der Waals surface area contributed by atoms with E-state index in [2.05, 4.69) is 46.5 Å². The molecule has 2 saturated heterocycles. The number of carbonyl (C=O) groups is 5. The second-order valence-electron chi connectivity index (χ2n) is 16.0. The summed E-state index contributed by atoms with van der Waals surface area (Å²) in [5.74, 6) is -2.86. The van der Waals surface area contributed by atoms with E-state index in [1.54, 1.807) is 12.4 Å².